The summed E-state index contributed by atoms with van der Waals surface area (Å²) in [4.78, 5) is 25.1. The van der Waals surface area contributed by atoms with Gasteiger partial charge in [-0.2, -0.15) is 0 Å². The van der Waals surface area contributed by atoms with Crippen molar-refractivity contribution in [2.75, 3.05) is 23.8 Å². The summed E-state index contributed by atoms with van der Waals surface area (Å²) >= 11 is 0. The van der Waals surface area contributed by atoms with Crippen LogP contribution in [-0.2, 0) is 19.1 Å². The van der Waals surface area contributed by atoms with E-state index in [1.807, 2.05) is 62.4 Å². The van der Waals surface area contributed by atoms with E-state index >= 15 is 0 Å². The maximum Gasteiger partial charge on any atom is 0.349 e. The van der Waals surface area contributed by atoms with Crippen molar-refractivity contribution in [2.45, 2.75) is 27.7 Å². The largest absolute Gasteiger partial charge is 0.462 e. The smallest absolute Gasteiger partial charge is 0.349 e. The van der Waals surface area contributed by atoms with Crippen LogP contribution < -0.4 is 10.6 Å². The fraction of sp³-hybridized carbons (Fsp3) is 0.273. The van der Waals surface area contributed by atoms with Crippen LogP contribution in [0.3, 0.4) is 0 Å². The summed E-state index contributed by atoms with van der Waals surface area (Å²) in [6.45, 7) is 7.61. The molecule has 0 atom stereocenters. The van der Waals surface area contributed by atoms with E-state index in [9.17, 15) is 9.59 Å². The number of nitrogens with one attached hydrogen (secondary N) is 2. The topological polar surface area (TPSA) is 76.7 Å². The van der Waals surface area contributed by atoms with Crippen LogP contribution in [0.5, 0.6) is 0 Å². The first-order valence-electron chi connectivity index (χ1n) is 9.20. The molecule has 148 valence electrons. The fourth-order valence-corrected chi connectivity index (χ4v) is 2.41. The highest BCUT2D eigenvalue weighted by atomic mass is 16.6. The Labute approximate surface area is 165 Å². The SMILES string of the molecule is CCOC(=O)C(C(=O)OCC)=C(Nc1ccc(C)cc1)Nc1ccc(C)cc1. The molecule has 2 aromatic carbocycles. The van der Waals surface area contributed by atoms with Crippen LogP contribution in [0.2, 0.25) is 0 Å². The Bertz CT molecular complexity index is 770. The number of carbonyl (C=O) groups is 2. The fourth-order valence-electron chi connectivity index (χ4n) is 2.41. The van der Waals surface area contributed by atoms with E-state index in [1.54, 1.807) is 13.8 Å². The molecule has 0 aliphatic carbocycles. The molecular formula is C22H26N2O4. The summed E-state index contributed by atoms with van der Waals surface area (Å²) in [5.74, 6) is -1.31. The van der Waals surface area contributed by atoms with Crippen molar-refractivity contribution < 1.29 is 19.1 Å². The Morgan fingerprint density at radius 1 is 0.714 bits per heavy atom. The van der Waals surface area contributed by atoms with Crippen LogP contribution in [-0.4, -0.2) is 25.2 Å². The molecule has 28 heavy (non-hydrogen) atoms. The number of ether oxygens (including phenoxy) is 2. The van der Waals surface area contributed by atoms with Crippen molar-refractivity contribution in [3.8, 4) is 0 Å². The monoisotopic (exact) mass is 382 g/mol. The maximum atomic E-state index is 12.5. The van der Waals surface area contributed by atoms with Crippen LogP contribution >= 0.6 is 0 Å². The standard InChI is InChI=1S/C22H26N2O4/c1-5-27-21(25)19(22(26)28-6-2)20(23-17-11-7-15(3)8-12-17)24-18-13-9-16(4)10-14-18/h7-14,23-24H,5-6H2,1-4H3. The van der Waals surface area contributed by atoms with E-state index in [1.165, 1.54) is 0 Å². The third-order valence-corrected chi connectivity index (χ3v) is 3.85. The number of aryl methyl sites for hydroxylation is 2. The van der Waals surface area contributed by atoms with E-state index in [-0.39, 0.29) is 24.6 Å². The van der Waals surface area contributed by atoms with Crippen molar-refractivity contribution in [2.24, 2.45) is 0 Å². The molecule has 0 aliphatic rings. The lowest BCUT2D eigenvalue weighted by atomic mass is 10.2. The Kier molecular flexibility index (Phi) is 7.63. The number of anilines is 2. The highest BCUT2D eigenvalue weighted by molar-refractivity contribution is 6.15. The van der Waals surface area contributed by atoms with Gasteiger partial charge in [0.05, 0.1) is 13.2 Å². The summed E-state index contributed by atoms with van der Waals surface area (Å²) in [6.07, 6.45) is 0. The zero-order valence-electron chi connectivity index (χ0n) is 16.7. The molecule has 0 saturated heterocycles. The molecule has 0 heterocycles. The predicted octanol–water partition coefficient (Wildman–Crippen LogP) is 4.17. The maximum absolute atomic E-state index is 12.5. The Morgan fingerprint density at radius 3 is 1.39 bits per heavy atom. The molecule has 0 spiro atoms. The van der Waals surface area contributed by atoms with Crippen LogP contribution in [0.4, 0.5) is 11.4 Å². The average Bonchev–Trinajstić information content (AvgIpc) is 2.66. The van der Waals surface area contributed by atoms with E-state index in [0.717, 1.165) is 11.1 Å². The highest BCUT2D eigenvalue weighted by Crippen LogP contribution is 2.19. The van der Waals surface area contributed by atoms with Gasteiger partial charge in [0.1, 0.15) is 5.82 Å². The lowest BCUT2D eigenvalue weighted by Crippen LogP contribution is -2.26. The van der Waals surface area contributed by atoms with Gasteiger partial charge in [-0.05, 0) is 52.0 Å². The molecule has 0 fully saturated rings. The Morgan fingerprint density at radius 2 is 1.07 bits per heavy atom. The van der Waals surface area contributed by atoms with Gasteiger partial charge in [0, 0.05) is 11.4 Å². The molecular weight excluding hydrogens is 356 g/mol. The normalized spacial score (nSPS) is 10.0. The van der Waals surface area contributed by atoms with Gasteiger partial charge >= 0.3 is 11.9 Å². The van der Waals surface area contributed by atoms with Gasteiger partial charge < -0.3 is 20.1 Å². The second kappa shape index (κ2) is 10.2. The minimum atomic E-state index is -0.754. The van der Waals surface area contributed by atoms with Gasteiger partial charge in [-0.3, -0.25) is 0 Å². The number of carbonyl (C=O) groups excluding carboxylic acids is 2. The first kappa shape index (κ1) is 21.0. The van der Waals surface area contributed by atoms with Crippen molar-refractivity contribution >= 4 is 23.3 Å². The quantitative estimate of drug-likeness (QED) is 0.309. The zero-order chi connectivity index (χ0) is 20.5. The molecule has 0 unspecified atom stereocenters. The van der Waals surface area contributed by atoms with Crippen LogP contribution in [0.1, 0.15) is 25.0 Å². The molecule has 0 bridgehead atoms. The van der Waals surface area contributed by atoms with Gasteiger partial charge in [0.25, 0.3) is 0 Å². The summed E-state index contributed by atoms with van der Waals surface area (Å²) in [7, 11) is 0. The highest BCUT2D eigenvalue weighted by Gasteiger charge is 2.27. The van der Waals surface area contributed by atoms with Gasteiger partial charge in [0.15, 0.2) is 5.57 Å². The number of hydrogen-bond donors (Lipinski definition) is 2. The zero-order valence-corrected chi connectivity index (χ0v) is 16.7. The average molecular weight is 382 g/mol. The van der Waals surface area contributed by atoms with E-state index < -0.39 is 11.9 Å². The van der Waals surface area contributed by atoms with Gasteiger partial charge in [-0.15, -0.1) is 0 Å². The Balaban J connectivity index is 2.50. The summed E-state index contributed by atoms with van der Waals surface area (Å²) < 4.78 is 10.2. The van der Waals surface area contributed by atoms with Crippen molar-refractivity contribution in [3.63, 3.8) is 0 Å². The number of rotatable bonds is 8. The number of esters is 2. The van der Waals surface area contributed by atoms with Crippen LogP contribution in [0, 0.1) is 13.8 Å². The molecule has 2 N–H and O–H groups in total. The first-order chi connectivity index (χ1) is 13.4. The van der Waals surface area contributed by atoms with Crippen LogP contribution in [0.15, 0.2) is 59.9 Å². The van der Waals surface area contributed by atoms with Crippen LogP contribution in [0.25, 0.3) is 0 Å². The summed E-state index contributed by atoms with van der Waals surface area (Å²) in [5, 5.41) is 6.23. The minimum Gasteiger partial charge on any atom is -0.462 e. The molecule has 2 aromatic rings. The molecule has 6 nitrogen and oxygen atoms in total. The lowest BCUT2D eigenvalue weighted by molar-refractivity contribution is -0.146. The molecule has 0 saturated carbocycles. The predicted molar refractivity (Wildman–Crippen MR) is 110 cm³/mol. The second-order valence-corrected chi connectivity index (χ2v) is 6.17. The van der Waals surface area contributed by atoms with E-state index in [4.69, 9.17) is 9.47 Å². The van der Waals surface area contributed by atoms with E-state index in [2.05, 4.69) is 10.6 Å². The number of benzene rings is 2. The number of hydrogen-bond acceptors (Lipinski definition) is 6. The van der Waals surface area contributed by atoms with Crippen molar-refractivity contribution in [1.29, 1.82) is 0 Å². The van der Waals surface area contributed by atoms with Crippen molar-refractivity contribution in [1.82, 2.24) is 0 Å². The minimum absolute atomic E-state index is 0.143. The summed E-state index contributed by atoms with van der Waals surface area (Å²) in [6, 6.07) is 15.2. The van der Waals surface area contributed by atoms with Gasteiger partial charge in [-0.1, -0.05) is 35.4 Å². The molecule has 2 rings (SSSR count). The third kappa shape index (κ3) is 5.87. The first-order valence-corrected chi connectivity index (χ1v) is 9.20. The lowest BCUT2D eigenvalue weighted by Gasteiger charge is -2.18. The summed E-state index contributed by atoms with van der Waals surface area (Å²) in [5.41, 5.74) is 3.40. The van der Waals surface area contributed by atoms with Crippen molar-refractivity contribution in [3.05, 3.63) is 71.1 Å². The second-order valence-electron chi connectivity index (χ2n) is 6.17. The van der Waals surface area contributed by atoms with Gasteiger partial charge in [-0.25, -0.2) is 9.59 Å². The van der Waals surface area contributed by atoms with E-state index in [0.29, 0.717) is 11.4 Å². The molecule has 0 amide bonds. The van der Waals surface area contributed by atoms with Gasteiger partial charge in [0.2, 0.25) is 0 Å². The molecule has 0 aromatic heterocycles. The molecule has 0 radical (unpaired) electrons. The molecule has 6 heteroatoms. The third-order valence-electron chi connectivity index (χ3n) is 3.85. The molecule has 0 aliphatic heterocycles. The Hall–Kier alpha value is -3.28.